The molecule has 0 saturated heterocycles. The first-order valence-electron chi connectivity index (χ1n) is 7.77. The molecule has 0 aromatic rings. The first-order chi connectivity index (χ1) is 7.77. The third-order valence-electron chi connectivity index (χ3n) is 5.34. The summed E-state index contributed by atoms with van der Waals surface area (Å²) in [5, 5.41) is 0. The van der Waals surface area contributed by atoms with Gasteiger partial charge < -0.3 is 29.7 Å². The minimum absolute atomic E-state index is 0. The first kappa shape index (κ1) is 29.8. The van der Waals surface area contributed by atoms with Crippen LogP contribution in [0.3, 0.4) is 0 Å². The van der Waals surface area contributed by atoms with E-state index in [0.29, 0.717) is 0 Å². The Labute approximate surface area is 157 Å². The third kappa shape index (κ3) is 9.58. The summed E-state index contributed by atoms with van der Waals surface area (Å²) in [6.07, 6.45) is 15.2. The van der Waals surface area contributed by atoms with Crippen molar-refractivity contribution in [1.82, 2.24) is 0 Å². The van der Waals surface area contributed by atoms with Gasteiger partial charge in [0.15, 0.2) is 0 Å². The molecule has 21 heavy (non-hydrogen) atoms. The summed E-state index contributed by atoms with van der Waals surface area (Å²) in [7, 11) is 0. The molecule has 3 saturated carbocycles. The molecule has 3 atom stereocenters. The van der Waals surface area contributed by atoms with Crippen LogP contribution in [0.1, 0.15) is 78.1 Å². The van der Waals surface area contributed by atoms with Crippen LogP contribution < -0.4 is 0 Å². The molecular formula is C20H42Zr. The fourth-order valence-corrected chi connectivity index (χ4v) is 4.16. The Bertz CT molecular complexity index is 194. The van der Waals surface area contributed by atoms with Crippen molar-refractivity contribution < 1.29 is 26.2 Å². The minimum atomic E-state index is 0. The van der Waals surface area contributed by atoms with E-state index in [-0.39, 0.29) is 55.9 Å². The molecule has 1 heteroatoms. The molecular weight excluding hydrogens is 331 g/mol. The molecule has 3 unspecified atom stereocenters. The maximum absolute atomic E-state index is 2.45. The maximum atomic E-state index is 2.45. The van der Waals surface area contributed by atoms with Crippen molar-refractivity contribution in [1.29, 1.82) is 0 Å². The van der Waals surface area contributed by atoms with Crippen molar-refractivity contribution in [3.8, 4) is 0 Å². The van der Waals surface area contributed by atoms with Crippen molar-refractivity contribution in [3.63, 3.8) is 0 Å². The molecule has 0 aliphatic heterocycles. The second kappa shape index (κ2) is 15.8. The van der Waals surface area contributed by atoms with E-state index in [0.717, 1.165) is 23.7 Å². The number of hydrogen-bond acceptors (Lipinski definition) is 0. The van der Waals surface area contributed by atoms with Gasteiger partial charge in [-0.2, -0.15) is 0 Å². The summed E-state index contributed by atoms with van der Waals surface area (Å²) in [5.74, 6) is 4.38. The van der Waals surface area contributed by atoms with Gasteiger partial charge in [0.1, 0.15) is 0 Å². The topological polar surface area (TPSA) is 0 Å². The smallest absolute Gasteiger partial charge is 0.358 e. The van der Waals surface area contributed by atoms with Gasteiger partial charge in [0.2, 0.25) is 0 Å². The van der Waals surface area contributed by atoms with Gasteiger partial charge in [-0.1, -0.05) is 65.2 Å². The summed E-state index contributed by atoms with van der Waals surface area (Å²) >= 11 is 0. The van der Waals surface area contributed by atoms with Crippen LogP contribution in [-0.4, -0.2) is 0 Å². The fourth-order valence-electron chi connectivity index (χ4n) is 4.16. The molecule has 0 nitrogen and oxygen atoms in total. The molecule has 0 bridgehead atoms. The van der Waals surface area contributed by atoms with E-state index in [9.17, 15) is 0 Å². The second-order valence-corrected chi connectivity index (χ2v) is 6.65. The molecule has 0 spiro atoms. The molecule has 126 valence electrons. The van der Waals surface area contributed by atoms with Gasteiger partial charge in [-0.15, -0.1) is 0 Å². The minimum Gasteiger partial charge on any atom is -0.358 e. The molecule has 3 fully saturated rings. The Kier molecular flexibility index (Phi) is 22.4. The van der Waals surface area contributed by atoms with E-state index in [4.69, 9.17) is 0 Å². The van der Waals surface area contributed by atoms with Gasteiger partial charge in [-0.3, -0.25) is 0 Å². The Balaban J connectivity index is -0.000000119. The van der Waals surface area contributed by atoms with Crippen LogP contribution in [-0.2, 0) is 26.2 Å². The normalized spacial score (nSPS) is 29.7. The van der Waals surface area contributed by atoms with Crippen LogP contribution in [0.25, 0.3) is 0 Å². The monoisotopic (exact) mass is 372 g/mol. The van der Waals surface area contributed by atoms with E-state index in [1.807, 2.05) is 0 Å². The van der Waals surface area contributed by atoms with E-state index >= 15 is 0 Å². The van der Waals surface area contributed by atoms with Gasteiger partial charge >= 0.3 is 26.2 Å². The molecule has 0 radical (unpaired) electrons. The Morgan fingerprint density at radius 2 is 1.05 bits per heavy atom. The Morgan fingerprint density at radius 1 is 0.571 bits per heavy atom. The zero-order chi connectivity index (χ0) is 11.4. The standard InChI is InChI=1S/C10H18.C6H12.4CH3.Zr/c1-8-6-7-9-4-2-3-5-10(8)9;1-6-4-2-3-5-6;;;;;/h8-10H,2-7H2,1H3;6H,2-5H2,1H3;4*1H3;/q;;4*-1;+4. The first-order valence-corrected chi connectivity index (χ1v) is 7.77. The van der Waals surface area contributed by atoms with Crippen LogP contribution >= 0.6 is 0 Å². The Hall–Kier alpha value is 0.883. The van der Waals surface area contributed by atoms with Crippen molar-refractivity contribution in [3.05, 3.63) is 29.7 Å². The molecule has 0 aromatic carbocycles. The van der Waals surface area contributed by atoms with Gasteiger partial charge in [-0.25, -0.2) is 0 Å². The summed E-state index contributed by atoms with van der Waals surface area (Å²) in [6.45, 7) is 4.79. The molecule has 0 heterocycles. The number of hydrogen-bond donors (Lipinski definition) is 0. The third-order valence-corrected chi connectivity index (χ3v) is 5.34. The zero-order valence-corrected chi connectivity index (χ0v) is 18.3. The summed E-state index contributed by atoms with van der Waals surface area (Å²) in [4.78, 5) is 0. The predicted molar refractivity (Wildman–Crippen MR) is 97.1 cm³/mol. The maximum Gasteiger partial charge on any atom is 4.00 e. The van der Waals surface area contributed by atoms with E-state index in [2.05, 4.69) is 13.8 Å². The molecule has 0 N–H and O–H groups in total. The molecule has 3 aliphatic rings. The van der Waals surface area contributed by atoms with E-state index < -0.39 is 0 Å². The van der Waals surface area contributed by atoms with Gasteiger partial charge in [0.25, 0.3) is 0 Å². The predicted octanol–water partition coefficient (Wildman–Crippen LogP) is 7.22. The molecule has 0 aromatic heterocycles. The van der Waals surface area contributed by atoms with Crippen LogP contribution in [0.15, 0.2) is 0 Å². The largest absolute Gasteiger partial charge is 4.00 e. The average molecular weight is 374 g/mol. The summed E-state index contributed by atoms with van der Waals surface area (Å²) in [5.41, 5.74) is 0. The molecule has 3 rings (SSSR count). The van der Waals surface area contributed by atoms with E-state index in [1.54, 1.807) is 19.3 Å². The van der Waals surface area contributed by atoms with Crippen LogP contribution in [0.5, 0.6) is 0 Å². The van der Waals surface area contributed by atoms with Crippen LogP contribution in [0.4, 0.5) is 0 Å². The molecule has 0 amide bonds. The zero-order valence-electron chi connectivity index (χ0n) is 15.9. The quantitative estimate of drug-likeness (QED) is 0.393. The van der Waals surface area contributed by atoms with Gasteiger partial charge in [0.05, 0.1) is 0 Å². The number of rotatable bonds is 0. The second-order valence-electron chi connectivity index (χ2n) is 6.65. The van der Waals surface area contributed by atoms with Crippen molar-refractivity contribution in [2.24, 2.45) is 23.7 Å². The van der Waals surface area contributed by atoms with Crippen molar-refractivity contribution >= 4 is 0 Å². The number of fused-ring (bicyclic) bond motifs is 1. The molecule has 3 aliphatic carbocycles. The van der Waals surface area contributed by atoms with Crippen LogP contribution in [0.2, 0.25) is 0 Å². The SMILES string of the molecule is CC1CCC2CCCCC12.CC1CCCC1.[CH3-].[CH3-].[CH3-].[CH3-].[Zr+4]. The summed E-state index contributed by atoms with van der Waals surface area (Å²) < 4.78 is 0. The fraction of sp³-hybridized carbons (Fsp3) is 0.800. The Morgan fingerprint density at radius 3 is 1.48 bits per heavy atom. The van der Waals surface area contributed by atoms with Gasteiger partial charge in [-0.05, 0) is 36.5 Å². The van der Waals surface area contributed by atoms with Crippen LogP contribution in [0, 0.1) is 53.4 Å². The van der Waals surface area contributed by atoms with Crippen molar-refractivity contribution in [2.75, 3.05) is 0 Å². The van der Waals surface area contributed by atoms with E-state index in [1.165, 1.54) is 44.9 Å². The van der Waals surface area contributed by atoms with Gasteiger partial charge in [0, 0.05) is 0 Å². The summed E-state index contributed by atoms with van der Waals surface area (Å²) in [6, 6.07) is 0. The van der Waals surface area contributed by atoms with Crippen molar-refractivity contribution in [2.45, 2.75) is 78.1 Å². The average Bonchev–Trinajstić information content (AvgIpc) is 2.91.